The standard InChI is InChI=1S/C23H28N2O4/c1-5-25(6-2)23(27)18-10-12-19(13-11-18)24-22(26)15-9-17-8-14-20(29-7-3)21(16-17)28-4/h8-16H,5-7H2,1-4H3,(H,24,26)/b15-9+. The largest absolute Gasteiger partial charge is 0.493 e. The van der Waals surface area contributed by atoms with Gasteiger partial charge in [-0.05, 0) is 68.8 Å². The molecule has 6 nitrogen and oxygen atoms in total. The molecule has 0 unspecified atom stereocenters. The zero-order chi connectivity index (χ0) is 21.2. The van der Waals surface area contributed by atoms with Gasteiger partial charge in [0, 0.05) is 30.4 Å². The Balaban J connectivity index is 2.01. The van der Waals surface area contributed by atoms with Crippen LogP contribution in [0.25, 0.3) is 6.08 Å². The van der Waals surface area contributed by atoms with E-state index in [4.69, 9.17) is 9.47 Å². The fourth-order valence-electron chi connectivity index (χ4n) is 2.81. The summed E-state index contributed by atoms with van der Waals surface area (Å²) in [6, 6.07) is 12.4. The molecule has 0 saturated carbocycles. The quantitative estimate of drug-likeness (QED) is 0.644. The van der Waals surface area contributed by atoms with Crippen LogP contribution in [0.2, 0.25) is 0 Å². The van der Waals surface area contributed by atoms with Crippen LogP contribution in [0.1, 0.15) is 36.7 Å². The minimum atomic E-state index is -0.263. The first-order chi connectivity index (χ1) is 14.0. The first-order valence-electron chi connectivity index (χ1n) is 9.71. The van der Waals surface area contributed by atoms with Crippen molar-refractivity contribution in [1.29, 1.82) is 0 Å². The number of amides is 2. The van der Waals surface area contributed by atoms with E-state index in [1.807, 2.05) is 39.0 Å². The first kappa shape index (κ1) is 22.0. The number of nitrogens with one attached hydrogen (secondary N) is 1. The molecule has 0 aliphatic carbocycles. The smallest absolute Gasteiger partial charge is 0.253 e. The number of hydrogen-bond donors (Lipinski definition) is 1. The zero-order valence-electron chi connectivity index (χ0n) is 17.4. The minimum Gasteiger partial charge on any atom is -0.493 e. The summed E-state index contributed by atoms with van der Waals surface area (Å²) in [6.45, 7) is 7.67. The fourth-order valence-corrected chi connectivity index (χ4v) is 2.81. The molecule has 0 aliphatic heterocycles. The molecule has 0 aliphatic rings. The maximum Gasteiger partial charge on any atom is 0.253 e. The predicted octanol–water partition coefficient (Wildman–Crippen LogP) is 4.23. The summed E-state index contributed by atoms with van der Waals surface area (Å²) in [6.07, 6.45) is 3.15. The summed E-state index contributed by atoms with van der Waals surface area (Å²) < 4.78 is 10.8. The van der Waals surface area contributed by atoms with Gasteiger partial charge in [-0.1, -0.05) is 6.07 Å². The summed E-state index contributed by atoms with van der Waals surface area (Å²) in [5.41, 5.74) is 2.05. The molecule has 154 valence electrons. The Morgan fingerprint density at radius 3 is 2.28 bits per heavy atom. The van der Waals surface area contributed by atoms with Crippen LogP contribution in [-0.4, -0.2) is 43.5 Å². The van der Waals surface area contributed by atoms with Crippen molar-refractivity contribution in [3.05, 3.63) is 59.7 Å². The Morgan fingerprint density at radius 1 is 1.00 bits per heavy atom. The minimum absolute atomic E-state index is 0.0165. The lowest BCUT2D eigenvalue weighted by molar-refractivity contribution is -0.111. The van der Waals surface area contributed by atoms with Crippen LogP contribution in [-0.2, 0) is 4.79 Å². The van der Waals surface area contributed by atoms with E-state index in [1.165, 1.54) is 6.08 Å². The number of nitrogens with zero attached hydrogens (tertiary/aromatic N) is 1. The highest BCUT2D eigenvalue weighted by molar-refractivity contribution is 6.02. The van der Waals surface area contributed by atoms with Gasteiger partial charge < -0.3 is 19.7 Å². The molecule has 0 spiro atoms. The van der Waals surface area contributed by atoms with Crippen molar-refractivity contribution >= 4 is 23.6 Å². The number of hydrogen-bond acceptors (Lipinski definition) is 4. The molecule has 29 heavy (non-hydrogen) atoms. The van der Waals surface area contributed by atoms with Crippen molar-refractivity contribution in [3.8, 4) is 11.5 Å². The van der Waals surface area contributed by atoms with Crippen molar-refractivity contribution in [2.45, 2.75) is 20.8 Å². The maximum absolute atomic E-state index is 12.3. The fraction of sp³-hybridized carbons (Fsp3) is 0.304. The summed E-state index contributed by atoms with van der Waals surface area (Å²) in [4.78, 5) is 26.3. The Hall–Kier alpha value is -3.28. The molecule has 0 bridgehead atoms. The van der Waals surface area contributed by atoms with E-state index in [0.717, 1.165) is 5.56 Å². The predicted molar refractivity (Wildman–Crippen MR) is 116 cm³/mol. The molecule has 0 heterocycles. The van der Waals surface area contributed by atoms with Gasteiger partial charge in [0.1, 0.15) is 0 Å². The van der Waals surface area contributed by atoms with Gasteiger partial charge in [-0.3, -0.25) is 9.59 Å². The van der Waals surface area contributed by atoms with E-state index in [0.29, 0.717) is 42.4 Å². The maximum atomic E-state index is 12.3. The Bertz CT molecular complexity index is 856. The van der Waals surface area contributed by atoms with Gasteiger partial charge in [-0.2, -0.15) is 0 Å². The molecule has 2 amide bonds. The number of anilines is 1. The lowest BCUT2D eigenvalue weighted by Crippen LogP contribution is -2.30. The van der Waals surface area contributed by atoms with Gasteiger partial charge in [0.15, 0.2) is 11.5 Å². The molecule has 0 saturated heterocycles. The van der Waals surface area contributed by atoms with Crippen molar-refractivity contribution < 1.29 is 19.1 Å². The highest BCUT2D eigenvalue weighted by atomic mass is 16.5. The van der Waals surface area contributed by atoms with E-state index in [1.54, 1.807) is 42.4 Å². The highest BCUT2D eigenvalue weighted by Gasteiger charge is 2.12. The number of carbonyl (C=O) groups excluding carboxylic acids is 2. The second kappa shape index (κ2) is 10.9. The van der Waals surface area contributed by atoms with Crippen molar-refractivity contribution in [2.75, 3.05) is 32.1 Å². The van der Waals surface area contributed by atoms with E-state index < -0.39 is 0 Å². The number of ether oxygens (including phenoxy) is 2. The average Bonchev–Trinajstić information content (AvgIpc) is 2.74. The SMILES string of the molecule is CCOc1ccc(/C=C/C(=O)Nc2ccc(C(=O)N(CC)CC)cc2)cc1OC. The van der Waals surface area contributed by atoms with Crippen LogP contribution < -0.4 is 14.8 Å². The zero-order valence-corrected chi connectivity index (χ0v) is 17.4. The average molecular weight is 396 g/mol. The summed E-state index contributed by atoms with van der Waals surface area (Å²) in [7, 11) is 1.58. The van der Waals surface area contributed by atoms with E-state index >= 15 is 0 Å². The van der Waals surface area contributed by atoms with Crippen LogP contribution in [0.5, 0.6) is 11.5 Å². The molecule has 0 fully saturated rings. The Morgan fingerprint density at radius 2 is 1.69 bits per heavy atom. The van der Waals surface area contributed by atoms with E-state index in [-0.39, 0.29) is 11.8 Å². The highest BCUT2D eigenvalue weighted by Crippen LogP contribution is 2.28. The topological polar surface area (TPSA) is 67.9 Å². The normalized spacial score (nSPS) is 10.6. The van der Waals surface area contributed by atoms with Crippen LogP contribution >= 0.6 is 0 Å². The Kier molecular flexibility index (Phi) is 8.27. The molecule has 0 atom stereocenters. The second-order valence-electron chi connectivity index (χ2n) is 6.22. The number of carbonyl (C=O) groups is 2. The van der Waals surface area contributed by atoms with Gasteiger partial charge >= 0.3 is 0 Å². The van der Waals surface area contributed by atoms with E-state index in [2.05, 4.69) is 5.32 Å². The molecule has 2 aromatic rings. The molecule has 0 radical (unpaired) electrons. The second-order valence-corrected chi connectivity index (χ2v) is 6.22. The molecule has 6 heteroatoms. The third kappa shape index (κ3) is 6.10. The van der Waals surface area contributed by atoms with Crippen molar-refractivity contribution in [3.63, 3.8) is 0 Å². The lowest BCUT2D eigenvalue weighted by Gasteiger charge is -2.18. The molecule has 2 aromatic carbocycles. The number of methoxy groups -OCH3 is 1. The van der Waals surface area contributed by atoms with E-state index in [9.17, 15) is 9.59 Å². The van der Waals surface area contributed by atoms with Crippen LogP contribution in [0.3, 0.4) is 0 Å². The van der Waals surface area contributed by atoms with Gasteiger partial charge in [-0.25, -0.2) is 0 Å². The molecular formula is C23H28N2O4. The lowest BCUT2D eigenvalue weighted by atomic mass is 10.1. The van der Waals surface area contributed by atoms with Crippen LogP contribution in [0.15, 0.2) is 48.5 Å². The monoisotopic (exact) mass is 396 g/mol. The third-order valence-electron chi connectivity index (χ3n) is 4.36. The third-order valence-corrected chi connectivity index (χ3v) is 4.36. The van der Waals surface area contributed by atoms with Gasteiger partial charge in [0.05, 0.1) is 13.7 Å². The molecule has 1 N–H and O–H groups in total. The summed E-state index contributed by atoms with van der Waals surface area (Å²) >= 11 is 0. The van der Waals surface area contributed by atoms with Gasteiger partial charge in [0.2, 0.25) is 5.91 Å². The van der Waals surface area contributed by atoms with Gasteiger partial charge in [-0.15, -0.1) is 0 Å². The number of benzene rings is 2. The molecule has 0 aromatic heterocycles. The Labute approximate surface area is 172 Å². The molecular weight excluding hydrogens is 368 g/mol. The van der Waals surface area contributed by atoms with Crippen molar-refractivity contribution in [2.24, 2.45) is 0 Å². The first-order valence-corrected chi connectivity index (χ1v) is 9.71. The number of rotatable bonds is 9. The molecule has 2 rings (SSSR count). The van der Waals surface area contributed by atoms with Crippen LogP contribution in [0, 0.1) is 0 Å². The van der Waals surface area contributed by atoms with Gasteiger partial charge in [0.25, 0.3) is 5.91 Å². The van der Waals surface area contributed by atoms with Crippen LogP contribution in [0.4, 0.5) is 5.69 Å². The van der Waals surface area contributed by atoms with Crippen molar-refractivity contribution in [1.82, 2.24) is 4.90 Å². The summed E-state index contributed by atoms with van der Waals surface area (Å²) in [5.74, 6) is 0.997. The summed E-state index contributed by atoms with van der Waals surface area (Å²) in [5, 5.41) is 2.79.